The zero-order chi connectivity index (χ0) is 8.85. The fourth-order valence-electron chi connectivity index (χ4n) is 1.06. The molecule has 0 saturated carbocycles. The predicted octanol–water partition coefficient (Wildman–Crippen LogP) is 3.51. The minimum atomic E-state index is 0.439. The first-order valence-electron chi connectivity index (χ1n) is 4.53. The van der Waals surface area contributed by atoms with E-state index in [0.29, 0.717) is 6.10 Å². The van der Waals surface area contributed by atoms with E-state index in [9.17, 15) is 0 Å². The molecule has 1 nitrogen and oxygen atoms in total. The number of hydrogen-bond donors (Lipinski definition) is 0. The maximum Gasteiger partial charge on any atom is 0.0957 e. The zero-order valence-electron chi connectivity index (χ0n) is 8.40. The van der Waals surface area contributed by atoms with Crippen LogP contribution in [0.25, 0.3) is 0 Å². The van der Waals surface area contributed by atoms with E-state index in [1.165, 1.54) is 18.4 Å². The number of rotatable bonds is 0. The second kappa shape index (κ2) is 5.22. The third-order valence-corrected chi connectivity index (χ3v) is 1.90. The van der Waals surface area contributed by atoms with Crippen LogP contribution in [-0.4, -0.2) is 6.10 Å². The van der Waals surface area contributed by atoms with Crippen LogP contribution in [0.5, 0.6) is 0 Å². The molecule has 0 fully saturated rings. The number of allylic oxidation sites excluding steroid dienone is 2. The highest BCUT2D eigenvalue weighted by Crippen LogP contribution is 2.21. The minimum Gasteiger partial charge on any atom is -0.495 e. The summed E-state index contributed by atoms with van der Waals surface area (Å²) in [6, 6.07) is 0. The molecule has 0 radical (unpaired) electrons. The summed E-state index contributed by atoms with van der Waals surface area (Å²) in [6.07, 6.45) is 2.84. The molecule has 0 aromatic rings. The van der Waals surface area contributed by atoms with E-state index in [4.69, 9.17) is 4.74 Å². The van der Waals surface area contributed by atoms with Gasteiger partial charge in [0, 0.05) is 0 Å². The fraction of sp³-hybridized carbons (Fsp3) is 0.800. The molecule has 1 aliphatic rings. The van der Waals surface area contributed by atoms with Crippen molar-refractivity contribution in [1.82, 2.24) is 0 Å². The topological polar surface area (TPSA) is 9.23 Å². The van der Waals surface area contributed by atoms with E-state index in [-0.39, 0.29) is 0 Å². The summed E-state index contributed by atoms with van der Waals surface area (Å²) in [5.41, 5.74) is 1.41. The Morgan fingerprint density at radius 1 is 1.27 bits per heavy atom. The maximum atomic E-state index is 5.48. The van der Waals surface area contributed by atoms with Crippen molar-refractivity contribution < 1.29 is 4.74 Å². The molecular weight excluding hydrogens is 136 g/mol. The average Bonchev–Trinajstić information content (AvgIpc) is 2.02. The lowest BCUT2D eigenvalue weighted by molar-refractivity contribution is 0.107. The molecule has 0 N–H and O–H groups in total. The van der Waals surface area contributed by atoms with Crippen molar-refractivity contribution in [3.05, 3.63) is 11.3 Å². The summed E-state index contributed by atoms with van der Waals surface area (Å²) in [4.78, 5) is 0. The van der Waals surface area contributed by atoms with Crippen molar-refractivity contribution in [2.24, 2.45) is 0 Å². The van der Waals surface area contributed by atoms with Gasteiger partial charge in [-0.3, -0.25) is 0 Å². The second-order valence-electron chi connectivity index (χ2n) is 2.80. The zero-order valence-corrected chi connectivity index (χ0v) is 8.40. The van der Waals surface area contributed by atoms with Gasteiger partial charge in [-0.25, -0.2) is 0 Å². The first kappa shape index (κ1) is 10.5. The SMILES string of the molecule is CC.CC1=C(C)O[C@H](C)CC1. The first-order valence-corrected chi connectivity index (χ1v) is 4.53. The smallest absolute Gasteiger partial charge is 0.0957 e. The Labute approximate surface area is 70.4 Å². The summed E-state index contributed by atoms with van der Waals surface area (Å²) in [6.45, 7) is 10.3. The minimum absolute atomic E-state index is 0.439. The van der Waals surface area contributed by atoms with Crippen LogP contribution in [-0.2, 0) is 4.74 Å². The van der Waals surface area contributed by atoms with Crippen LogP contribution in [0.3, 0.4) is 0 Å². The summed E-state index contributed by atoms with van der Waals surface area (Å²) in [5, 5.41) is 0. The standard InChI is InChI=1S/C8H14O.C2H6/c1-6-4-5-7(2)9-8(6)3;1-2/h7H,4-5H2,1-3H3;1-2H3/t7-;/m1./s1. The Balaban J connectivity index is 0.000000461. The summed E-state index contributed by atoms with van der Waals surface area (Å²) >= 11 is 0. The van der Waals surface area contributed by atoms with E-state index in [1.54, 1.807) is 0 Å². The number of ether oxygens (including phenoxy) is 1. The van der Waals surface area contributed by atoms with Gasteiger partial charge in [-0.1, -0.05) is 13.8 Å². The first-order chi connectivity index (χ1) is 5.20. The average molecular weight is 156 g/mol. The number of hydrogen-bond acceptors (Lipinski definition) is 1. The van der Waals surface area contributed by atoms with Gasteiger partial charge >= 0.3 is 0 Å². The molecule has 1 rings (SSSR count). The highest BCUT2D eigenvalue weighted by atomic mass is 16.5. The normalized spacial score (nSPS) is 23.5. The van der Waals surface area contributed by atoms with E-state index < -0.39 is 0 Å². The molecular formula is C10H20O. The van der Waals surface area contributed by atoms with Crippen molar-refractivity contribution in [1.29, 1.82) is 0 Å². The summed E-state index contributed by atoms with van der Waals surface area (Å²) in [5.74, 6) is 1.13. The molecule has 66 valence electrons. The van der Waals surface area contributed by atoms with Crippen molar-refractivity contribution in [3.8, 4) is 0 Å². The Morgan fingerprint density at radius 3 is 2.18 bits per heavy atom. The van der Waals surface area contributed by atoms with Gasteiger partial charge in [-0.2, -0.15) is 0 Å². The van der Waals surface area contributed by atoms with Crippen molar-refractivity contribution >= 4 is 0 Å². The Hall–Kier alpha value is -0.460. The Kier molecular flexibility index (Phi) is 5.01. The van der Waals surface area contributed by atoms with Crippen LogP contribution < -0.4 is 0 Å². The Bertz CT molecular complexity index is 136. The second-order valence-corrected chi connectivity index (χ2v) is 2.80. The summed E-state index contributed by atoms with van der Waals surface area (Å²) in [7, 11) is 0. The third kappa shape index (κ3) is 3.45. The third-order valence-electron chi connectivity index (χ3n) is 1.90. The van der Waals surface area contributed by atoms with Gasteiger partial charge in [-0.15, -0.1) is 0 Å². The van der Waals surface area contributed by atoms with E-state index in [0.717, 1.165) is 5.76 Å². The molecule has 1 heterocycles. The molecule has 0 aliphatic carbocycles. The van der Waals surface area contributed by atoms with Crippen LogP contribution in [0.15, 0.2) is 11.3 Å². The largest absolute Gasteiger partial charge is 0.495 e. The molecule has 1 heteroatoms. The van der Waals surface area contributed by atoms with Gasteiger partial charge in [0.25, 0.3) is 0 Å². The van der Waals surface area contributed by atoms with Crippen molar-refractivity contribution in [3.63, 3.8) is 0 Å². The molecule has 0 aromatic heterocycles. The van der Waals surface area contributed by atoms with E-state index in [1.807, 2.05) is 20.8 Å². The molecule has 0 aromatic carbocycles. The molecule has 0 unspecified atom stereocenters. The van der Waals surface area contributed by atoms with Gasteiger partial charge in [-0.05, 0) is 39.2 Å². The van der Waals surface area contributed by atoms with Crippen LogP contribution in [0.2, 0.25) is 0 Å². The van der Waals surface area contributed by atoms with E-state index in [2.05, 4.69) is 13.8 Å². The predicted molar refractivity (Wildman–Crippen MR) is 49.5 cm³/mol. The lowest BCUT2D eigenvalue weighted by atomic mass is 10.1. The highest BCUT2D eigenvalue weighted by molar-refractivity contribution is 5.06. The van der Waals surface area contributed by atoms with Crippen molar-refractivity contribution in [2.75, 3.05) is 0 Å². The van der Waals surface area contributed by atoms with Gasteiger partial charge in [0.2, 0.25) is 0 Å². The molecule has 1 aliphatic heterocycles. The molecule has 0 bridgehead atoms. The molecule has 0 amide bonds. The van der Waals surface area contributed by atoms with Gasteiger partial charge < -0.3 is 4.74 Å². The molecule has 0 spiro atoms. The fourth-order valence-corrected chi connectivity index (χ4v) is 1.06. The lowest BCUT2D eigenvalue weighted by Crippen LogP contribution is -2.12. The highest BCUT2D eigenvalue weighted by Gasteiger charge is 2.11. The van der Waals surface area contributed by atoms with Crippen LogP contribution in [0.1, 0.15) is 47.5 Å². The maximum absolute atomic E-state index is 5.48. The summed E-state index contributed by atoms with van der Waals surface area (Å²) < 4.78 is 5.48. The monoisotopic (exact) mass is 156 g/mol. The van der Waals surface area contributed by atoms with Gasteiger partial charge in [0.05, 0.1) is 11.9 Å². The Morgan fingerprint density at radius 2 is 1.82 bits per heavy atom. The van der Waals surface area contributed by atoms with Crippen molar-refractivity contribution in [2.45, 2.75) is 53.6 Å². The lowest BCUT2D eigenvalue weighted by Gasteiger charge is -2.22. The molecule has 1 atom stereocenters. The van der Waals surface area contributed by atoms with Crippen LogP contribution in [0.4, 0.5) is 0 Å². The van der Waals surface area contributed by atoms with Crippen LogP contribution in [0, 0.1) is 0 Å². The van der Waals surface area contributed by atoms with Gasteiger partial charge in [0.15, 0.2) is 0 Å². The molecule has 11 heavy (non-hydrogen) atoms. The van der Waals surface area contributed by atoms with E-state index >= 15 is 0 Å². The quantitative estimate of drug-likeness (QED) is 0.521. The molecule has 0 saturated heterocycles. The van der Waals surface area contributed by atoms with Crippen LogP contribution >= 0.6 is 0 Å². The van der Waals surface area contributed by atoms with Gasteiger partial charge in [0.1, 0.15) is 0 Å².